The number of halogens is 1. The lowest BCUT2D eigenvalue weighted by Gasteiger charge is -2.28. The summed E-state index contributed by atoms with van der Waals surface area (Å²) in [5.74, 6) is -1.14. The first-order valence-electron chi connectivity index (χ1n) is 6.05. The highest BCUT2D eigenvalue weighted by Crippen LogP contribution is 2.29. The lowest BCUT2D eigenvalue weighted by atomic mass is 9.98. The lowest BCUT2D eigenvalue weighted by Crippen LogP contribution is -2.49. The third-order valence-electron chi connectivity index (χ3n) is 3.48. The number of nitrogens with one attached hydrogen (secondary N) is 1. The van der Waals surface area contributed by atoms with Crippen LogP contribution in [-0.4, -0.2) is 23.2 Å². The van der Waals surface area contributed by atoms with Crippen molar-refractivity contribution in [2.45, 2.75) is 31.2 Å². The van der Waals surface area contributed by atoms with Crippen LogP contribution in [0, 0.1) is 5.82 Å². The van der Waals surface area contributed by atoms with Gasteiger partial charge in [-0.1, -0.05) is 12.8 Å². The van der Waals surface area contributed by atoms with E-state index in [4.69, 9.17) is 5.73 Å². The molecular formula is C13H17FN2O2. The maximum absolute atomic E-state index is 13.6. The lowest BCUT2D eigenvalue weighted by molar-refractivity contribution is 0.0834. The zero-order valence-electron chi connectivity index (χ0n) is 10.1. The Balaban J connectivity index is 2.16. The van der Waals surface area contributed by atoms with Gasteiger partial charge in [-0.05, 0) is 31.0 Å². The van der Waals surface area contributed by atoms with Gasteiger partial charge in [-0.15, -0.1) is 0 Å². The van der Waals surface area contributed by atoms with Crippen LogP contribution in [0.15, 0.2) is 18.2 Å². The van der Waals surface area contributed by atoms with Gasteiger partial charge in [0.05, 0.1) is 17.7 Å². The number of aliphatic hydroxyl groups is 1. The number of anilines is 1. The molecule has 0 spiro atoms. The Morgan fingerprint density at radius 1 is 1.44 bits per heavy atom. The minimum Gasteiger partial charge on any atom is -0.399 e. The first-order chi connectivity index (χ1) is 8.56. The summed E-state index contributed by atoms with van der Waals surface area (Å²) in [7, 11) is 0. The van der Waals surface area contributed by atoms with E-state index in [1.165, 1.54) is 12.1 Å². The van der Waals surface area contributed by atoms with Crippen molar-refractivity contribution in [1.82, 2.24) is 5.32 Å². The van der Waals surface area contributed by atoms with E-state index in [0.717, 1.165) is 31.7 Å². The number of benzene rings is 1. The Hall–Kier alpha value is -1.62. The summed E-state index contributed by atoms with van der Waals surface area (Å²) in [6.07, 6.45) is 3.38. The minimum absolute atomic E-state index is 0.0380. The van der Waals surface area contributed by atoms with Gasteiger partial charge < -0.3 is 16.2 Å². The van der Waals surface area contributed by atoms with Crippen molar-refractivity contribution < 1.29 is 14.3 Å². The fraction of sp³-hybridized carbons (Fsp3) is 0.462. The van der Waals surface area contributed by atoms with Crippen LogP contribution in [0.5, 0.6) is 0 Å². The van der Waals surface area contributed by atoms with Crippen molar-refractivity contribution >= 4 is 11.6 Å². The number of amides is 1. The molecule has 4 N–H and O–H groups in total. The standard InChI is InChI=1S/C13H17FN2O2/c14-11-7-9(15)3-4-10(11)12(18)16-13(8-17)5-1-2-6-13/h3-4,7,17H,1-2,5-6,8,15H2,(H,16,18). The van der Waals surface area contributed by atoms with E-state index in [1.807, 2.05) is 0 Å². The summed E-state index contributed by atoms with van der Waals surface area (Å²) in [6.45, 7) is -0.116. The molecular weight excluding hydrogens is 235 g/mol. The zero-order valence-corrected chi connectivity index (χ0v) is 10.1. The van der Waals surface area contributed by atoms with Gasteiger partial charge in [0.25, 0.3) is 5.91 Å². The first kappa shape index (κ1) is 12.8. The molecule has 0 heterocycles. The van der Waals surface area contributed by atoms with Crippen LogP contribution < -0.4 is 11.1 Å². The molecule has 0 atom stereocenters. The number of carbonyl (C=O) groups is 1. The first-order valence-corrected chi connectivity index (χ1v) is 6.05. The maximum atomic E-state index is 13.6. The zero-order chi connectivity index (χ0) is 13.2. The molecule has 5 heteroatoms. The Kier molecular flexibility index (Phi) is 3.52. The molecule has 18 heavy (non-hydrogen) atoms. The number of nitrogen functional groups attached to an aromatic ring is 1. The topological polar surface area (TPSA) is 75.4 Å². The highest BCUT2D eigenvalue weighted by atomic mass is 19.1. The molecule has 0 aromatic heterocycles. The van der Waals surface area contributed by atoms with Crippen molar-refractivity contribution in [2.24, 2.45) is 0 Å². The number of aliphatic hydroxyl groups excluding tert-OH is 1. The Morgan fingerprint density at radius 2 is 2.11 bits per heavy atom. The molecule has 1 aromatic rings. The van der Waals surface area contributed by atoms with E-state index in [-0.39, 0.29) is 17.9 Å². The van der Waals surface area contributed by atoms with E-state index in [0.29, 0.717) is 0 Å². The molecule has 2 rings (SSSR count). The summed E-state index contributed by atoms with van der Waals surface area (Å²) in [5.41, 5.74) is 5.08. The van der Waals surface area contributed by atoms with Gasteiger partial charge in [0.1, 0.15) is 5.82 Å². The highest BCUT2D eigenvalue weighted by Gasteiger charge is 2.35. The highest BCUT2D eigenvalue weighted by molar-refractivity contribution is 5.95. The average Bonchev–Trinajstić information content (AvgIpc) is 2.78. The fourth-order valence-corrected chi connectivity index (χ4v) is 2.40. The molecule has 0 saturated heterocycles. The number of rotatable bonds is 3. The second kappa shape index (κ2) is 4.94. The smallest absolute Gasteiger partial charge is 0.254 e. The third kappa shape index (κ3) is 2.46. The van der Waals surface area contributed by atoms with Crippen molar-refractivity contribution in [3.05, 3.63) is 29.6 Å². The summed E-state index contributed by atoms with van der Waals surface area (Å²) >= 11 is 0. The van der Waals surface area contributed by atoms with Crippen molar-refractivity contribution in [3.8, 4) is 0 Å². The maximum Gasteiger partial charge on any atom is 0.254 e. The fourth-order valence-electron chi connectivity index (χ4n) is 2.40. The van der Waals surface area contributed by atoms with Crippen LogP contribution in [0.1, 0.15) is 36.0 Å². The second-order valence-corrected chi connectivity index (χ2v) is 4.84. The van der Waals surface area contributed by atoms with Gasteiger partial charge in [0.15, 0.2) is 0 Å². The molecule has 1 fully saturated rings. The predicted molar refractivity (Wildman–Crippen MR) is 66.6 cm³/mol. The predicted octanol–water partition coefficient (Wildman–Crippen LogP) is 1.44. The van der Waals surface area contributed by atoms with Crippen LogP contribution >= 0.6 is 0 Å². The molecule has 1 aliphatic rings. The summed E-state index contributed by atoms with van der Waals surface area (Å²) in [5, 5.41) is 12.1. The molecule has 1 aliphatic carbocycles. The average molecular weight is 252 g/mol. The minimum atomic E-state index is -0.640. The SMILES string of the molecule is Nc1ccc(C(=O)NC2(CO)CCCC2)c(F)c1. The van der Waals surface area contributed by atoms with E-state index in [9.17, 15) is 14.3 Å². The van der Waals surface area contributed by atoms with E-state index >= 15 is 0 Å². The van der Waals surface area contributed by atoms with Gasteiger partial charge in [0, 0.05) is 5.69 Å². The van der Waals surface area contributed by atoms with Gasteiger partial charge >= 0.3 is 0 Å². The van der Waals surface area contributed by atoms with Gasteiger partial charge in [0.2, 0.25) is 0 Å². The molecule has 0 unspecified atom stereocenters. The number of hydrogen-bond acceptors (Lipinski definition) is 3. The molecule has 1 amide bonds. The molecule has 0 aliphatic heterocycles. The van der Waals surface area contributed by atoms with Crippen LogP contribution in [0.4, 0.5) is 10.1 Å². The third-order valence-corrected chi connectivity index (χ3v) is 3.48. The second-order valence-electron chi connectivity index (χ2n) is 4.84. The van der Waals surface area contributed by atoms with Gasteiger partial charge in [-0.25, -0.2) is 4.39 Å². The molecule has 98 valence electrons. The van der Waals surface area contributed by atoms with Gasteiger partial charge in [-0.3, -0.25) is 4.79 Å². The van der Waals surface area contributed by atoms with Crippen LogP contribution in [0.25, 0.3) is 0 Å². The summed E-state index contributed by atoms with van der Waals surface area (Å²) < 4.78 is 13.6. The van der Waals surface area contributed by atoms with Crippen LogP contribution in [0.2, 0.25) is 0 Å². The van der Waals surface area contributed by atoms with Crippen molar-refractivity contribution in [1.29, 1.82) is 0 Å². The molecule has 0 bridgehead atoms. The van der Waals surface area contributed by atoms with Crippen molar-refractivity contribution in [2.75, 3.05) is 12.3 Å². The largest absolute Gasteiger partial charge is 0.399 e. The monoisotopic (exact) mass is 252 g/mol. The van der Waals surface area contributed by atoms with Gasteiger partial charge in [-0.2, -0.15) is 0 Å². The summed E-state index contributed by atoms with van der Waals surface area (Å²) in [6, 6.07) is 3.97. The molecule has 1 saturated carbocycles. The van der Waals surface area contributed by atoms with Crippen LogP contribution in [0.3, 0.4) is 0 Å². The molecule has 0 radical (unpaired) electrons. The summed E-state index contributed by atoms with van der Waals surface area (Å²) in [4.78, 5) is 12.0. The van der Waals surface area contributed by atoms with Crippen molar-refractivity contribution in [3.63, 3.8) is 0 Å². The number of hydrogen-bond donors (Lipinski definition) is 3. The normalized spacial score (nSPS) is 17.7. The number of nitrogens with two attached hydrogens (primary N) is 1. The Morgan fingerprint density at radius 3 is 2.67 bits per heavy atom. The van der Waals surface area contributed by atoms with E-state index in [2.05, 4.69) is 5.32 Å². The Bertz CT molecular complexity index is 456. The number of carbonyl (C=O) groups excluding carboxylic acids is 1. The van der Waals surface area contributed by atoms with E-state index < -0.39 is 17.3 Å². The van der Waals surface area contributed by atoms with Crippen LogP contribution in [-0.2, 0) is 0 Å². The quantitative estimate of drug-likeness (QED) is 0.712. The molecule has 1 aromatic carbocycles. The molecule has 4 nitrogen and oxygen atoms in total. The Labute approximate surface area is 105 Å². The van der Waals surface area contributed by atoms with E-state index in [1.54, 1.807) is 0 Å².